The molecule has 0 saturated carbocycles. The van der Waals surface area contributed by atoms with E-state index in [-0.39, 0.29) is 0 Å². The van der Waals surface area contributed by atoms with E-state index in [2.05, 4.69) is 5.32 Å². The van der Waals surface area contributed by atoms with E-state index in [0.717, 1.165) is 27.5 Å². The van der Waals surface area contributed by atoms with Crippen LogP contribution in [0.1, 0.15) is 16.7 Å². The maximum atomic E-state index is 6.16. The zero-order chi connectivity index (χ0) is 19.2. The van der Waals surface area contributed by atoms with Crippen LogP contribution in [0.3, 0.4) is 0 Å². The molecule has 0 fully saturated rings. The molecule has 3 aromatic rings. The molecule has 3 rings (SSSR count). The largest absolute Gasteiger partial charge is 0.489 e. The highest BCUT2D eigenvalue weighted by molar-refractivity contribution is 7.80. The van der Waals surface area contributed by atoms with Crippen LogP contribution < -0.4 is 10.1 Å². The lowest BCUT2D eigenvalue weighted by Gasteiger charge is -2.11. The average molecular weight is 437 g/mol. The lowest BCUT2D eigenvalue weighted by molar-refractivity contribution is 0.306. The first-order valence-electron chi connectivity index (χ1n) is 8.21. The molecule has 0 aliphatic carbocycles. The molecule has 3 aromatic carbocycles. The Kier molecular flexibility index (Phi) is 6.97. The van der Waals surface area contributed by atoms with Gasteiger partial charge in [-0.25, -0.2) is 0 Å². The molecule has 0 saturated heterocycles. The van der Waals surface area contributed by atoms with Crippen LogP contribution in [0.5, 0.6) is 5.75 Å². The molecule has 0 amide bonds. The van der Waals surface area contributed by atoms with Gasteiger partial charge in [-0.2, -0.15) is 0 Å². The van der Waals surface area contributed by atoms with Gasteiger partial charge in [0.1, 0.15) is 17.3 Å². The minimum absolute atomic E-state index is 0.303. The average Bonchev–Trinajstić information content (AvgIpc) is 2.67. The van der Waals surface area contributed by atoms with Gasteiger partial charge in [-0.05, 0) is 54.1 Å². The second-order valence-corrected chi connectivity index (χ2v) is 7.48. The third-order valence-electron chi connectivity index (χ3n) is 3.93. The van der Waals surface area contributed by atoms with Crippen LogP contribution >= 0.6 is 47.0 Å². The third-order valence-corrected chi connectivity index (χ3v) is 5.27. The van der Waals surface area contributed by atoms with E-state index in [1.165, 1.54) is 0 Å². The molecule has 0 radical (unpaired) electrons. The fourth-order valence-electron chi connectivity index (χ4n) is 2.41. The molecular weight excluding hydrogens is 421 g/mol. The number of hydrogen-bond donors (Lipinski definition) is 1. The summed E-state index contributed by atoms with van der Waals surface area (Å²) in [6, 6.07) is 20.6. The Balaban J connectivity index is 1.56. The van der Waals surface area contributed by atoms with Gasteiger partial charge in [0.15, 0.2) is 0 Å². The zero-order valence-electron chi connectivity index (χ0n) is 14.2. The first kappa shape index (κ1) is 20.0. The van der Waals surface area contributed by atoms with Crippen LogP contribution in [-0.4, -0.2) is 4.99 Å². The summed E-state index contributed by atoms with van der Waals surface area (Å²) in [6.07, 6.45) is 0. The maximum absolute atomic E-state index is 6.16. The minimum Gasteiger partial charge on any atom is -0.489 e. The first-order chi connectivity index (χ1) is 13.0. The van der Waals surface area contributed by atoms with Crippen LogP contribution in [0.2, 0.25) is 15.1 Å². The molecule has 0 unspecified atom stereocenters. The smallest absolute Gasteiger partial charge is 0.119 e. The monoisotopic (exact) mass is 435 g/mol. The molecule has 0 aliphatic heterocycles. The first-order valence-corrected chi connectivity index (χ1v) is 9.75. The predicted molar refractivity (Wildman–Crippen MR) is 117 cm³/mol. The highest BCUT2D eigenvalue weighted by atomic mass is 35.5. The quantitative estimate of drug-likeness (QED) is 0.435. The molecule has 1 N–H and O–H groups in total. The number of thiocarbonyl (C=S) groups is 1. The van der Waals surface area contributed by atoms with Gasteiger partial charge in [0.2, 0.25) is 0 Å². The molecule has 0 aromatic heterocycles. The Morgan fingerprint density at radius 3 is 2.11 bits per heavy atom. The van der Waals surface area contributed by atoms with Crippen LogP contribution in [0, 0.1) is 0 Å². The van der Waals surface area contributed by atoms with Gasteiger partial charge >= 0.3 is 0 Å². The Bertz CT molecular complexity index is 907. The molecule has 2 nitrogen and oxygen atoms in total. The Labute approximate surface area is 179 Å². The fraction of sp³-hybridized carbons (Fsp3) is 0.0952. The number of hydrogen-bond acceptors (Lipinski definition) is 2. The van der Waals surface area contributed by atoms with E-state index in [1.54, 1.807) is 18.2 Å². The second-order valence-electron chi connectivity index (χ2n) is 5.82. The summed E-state index contributed by atoms with van der Waals surface area (Å²) < 4.78 is 5.78. The number of nitrogens with one attached hydrogen (secondary N) is 1. The fourth-order valence-corrected chi connectivity index (χ4v) is 3.26. The van der Waals surface area contributed by atoms with Gasteiger partial charge in [-0.1, -0.05) is 65.2 Å². The van der Waals surface area contributed by atoms with E-state index in [0.29, 0.717) is 28.2 Å². The van der Waals surface area contributed by atoms with Crippen molar-refractivity contribution in [3.63, 3.8) is 0 Å². The molecule has 27 heavy (non-hydrogen) atoms. The van der Waals surface area contributed by atoms with Crippen molar-refractivity contribution in [2.45, 2.75) is 13.2 Å². The highest BCUT2D eigenvalue weighted by Crippen LogP contribution is 2.26. The normalized spacial score (nSPS) is 10.5. The molecule has 0 heterocycles. The van der Waals surface area contributed by atoms with Crippen molar-refractivity contribution >= 4 is 52.0 Å². The zero-order valence-corrected chi connectivity index (χ0v) is 17.3. The molecule has 0 spiro atoms. The lowest BCUT2D eigenvalue weighted by Crippen LogP contribution is -2.21. The van der Waals surface area contributed by atoms with Crippen molar-refractivity contribution in [3.05, 3.63) is 98.5 Å². The molecule has 0 aliphatic rings. The van der Waals surface area contributed by atoms with Crippen LogP contribution in [-0.2, 0) is 13.2 Å². The summed E-state index contributed by atoms with van der Waals surface area (Å²) in [5, 5.41) is 5.14. The Morgan fingerprint density at radius 2 is 1.48 bits per heavy atom. The highest BCUT2D eigenvalue weighted by Gasteiger charge is 2.07. The Hall–Kier alpha value is -1.78. The summed E-state index contributed by atoms with van der Waals surface area (Å²) in [5.41, 5.74) is 2.80. The van der Waals surface area contributed by atoms with Crippen molar-refractivity contribution in [1.29, 1.82) is 0 Å². The lowest BCUT2D eigenvalue weighted by atomic mass is 10.2. The van der Waals surface area contributed by atoms with E-state index in [9.17, 15) is 0 Å². The minimum atomic E-state index is 0.303. The summed E-state index contributed by atoms with van der Waals surface area (Å²) >= 11 is 23.7. The summed E-state index contributed by atoms with van der Waals surface area (Å²) in [6.45, 7) is 0.941. The third kappa shape index (κ3) is 5.60. The van der Waals surface area contributed by atoms with Crippen molar-refractivity contribution in [2.75, 3.05) is 0 Å². The van der Waals surface area contributed by atoms with Gasteiger partial charge in [0.05, 0.1) is 0 Å². The number of benzene rings is 3. The molecule has 0 bridgehead atoms. The summed E-state index contributed by atoms with van der Waals surface area (Å²) in [7, 11) is 0. The van der Waals surface area contributed by atoms with Crippen LogP contribution in [0.4, 0.5) is 0 Å². The van der Waals surface area contributed by atoms with Crippen LogP contribution in [0.15, 0.2) is 66.7 Å². The van der Waals surface area contributed by atoms with E-state index < -0.39 is 0 Å². The number of halogens is 3. The van der Waals surface area contributed by atoms with Crippen molar-refractivity contribution in [2.24, 2.45) is 0 Å². The van der Waals surface area contributed by atoms with Gasteiger partial charge in [0, 0.05) is 32.7 Å². The summed E-state index contributed by atoms with van der Waals surface area (Å²) in [4.78, 5) is 0.672. The predicted octanol–water partition coefficient (Wildman–Crippen LogP) is 6.69. The van der Waals surface area contributed by atoms with Crippen molar-refractivity contribution in [1.82, 2.24) is 5.32 Å². The standard InChI is InChI=1S/C21H16Cl3NOS/c22-16-8-4-14(5-9-16)12-25-21(27)15-6-10-17(11-7-15)26-13-18-19(23)2-1-3-20(18)24/h1-11H,12-13H2,(H,25,27). The molecule has 0 atom stereocenters. The molecule has 138 valence electrons. The van der Waals surface area contributed by atoms with E-state index >= 15 is 0 Å². The van der Waals surface area contributed by atoms with Crippen molar-refractivity contribution < 1.29 is 4.74 Å². The number of rotatable bonds is 6. The van der Waals surface area contributed by atoms with E-state index in [1.807, 2.05) is 48.5 Å². The SMILES string of the molecule is S=C(NCc1ccc(Cl)cc1)c1ccc(OCc2c(Cl)cccc2Cl)cc1. The van der Waals surface area contributed by atoms with Gasteiger partial charge in [-0.15, -0.1) is 0 Å². The molecule has 6 heteroatoms. The topological polar surface area (TPSA) is 21.3 Å². The second kappa shape index (κ2) is 9.43. The number of ether oxygens (including phenoxy) is 1. The molecular formula is C21H16Cl3NOS. The van der Waals surface area contributed by atoms with E-state index in [4.69, 9.17) is 51.8 Å². The van der Waals surface area contributed by atoms with Crippen molar-refractivity contribution in [3.8, 4) is 5.75 Å². The Morgan fingerprint density at radius 1 is 0.852 bits per heavy atom. The maximum Gasteiger partial charge on any atom is 0.119 e. The van der Waals surface area contributed by atoms with Crippen LogP contribution in [0.25, 0.3) is 0 Å². The van der Waals surface area contributed by atoms with Gasteiger partial charge in [0.25, 0.3) is 0 Å². The van der Waals surface area contributed by atoms with Gasteiger partial charge in [-0.3, -0.25) is 0 Å². The van der Waals surface area contributed by atoms with Gasteiger partial charge < -0.3 is 10.1 Å². The summed E-state index contributed by atoms with van der Waals surface area (Å²) in [5.74, 6) is 0.718.